The van der Waals surface area contributed by atoms with Crippen LogP contribution in [-0.4, -0.2) is 93.2 Å². The van der Waals surface area contributed by atoms with Crippen LogP contribution in [0.25, 0.3) is 0 Å². The van der Waals surface area contributed by atoms with Gasteiger partial charge in [-0.1, -0.05) is 25.4 Å². The topological polar surface area (TPSA) is 126 Å². The van der Waals surface area contributed by atoms with Crippen molar-refractivity contribution < 1.29 is 35.9 Å². The normalized spacial score (nSPS) is 17.5. The summed E-state index contributed by atoms with van der Waals surface area (Å²) in [6, 6.07) is 2.10. The van der Waals surface area contributed by atoms with Crippen molar-refractivity contribution in [1.29, 1.82) is 0 Å². The van der Waals surface area contributed by atoms with E-state index < -0.39 is 45.7 Å². The lowest BCUT2D eigenvalue weighted by molar-refractivity contribution is -0.140. The highest BCUT2D eigenvalue weighted by Gasteiger charge is 2.40. The second-order valence-corrected chi connectivity index (χ2v) is 12.4. The van der Waals surface area contributed by atoms with Crippen LogP contribution in [0.1, 0.15) is 49.0 Å². The maximum atomic E-state index is 13.9. The molecule has 1 amide bonds. The largest absolute Gasteiger partial charge is 0.495 e. The number of halogens is 4. The molecule has 0 aliphatic heterocycles. The van der Waals surface area contributed by atoms with Crippen LogP contribution < -0.4 is 20.1 Å². The number of anilines is 2. The highest BCUT2D eigenvalue weighted by Crippen LogP contribution is 2.38. The number of likely N-dealkylation sites (N-methyl/N-ethyl adjacent to an activating group) is 2. The van der Waals surface area contributed by atoms with E-state index in [-0.39, 0.29) is 35.4 Å². The minimum atomic E-state index is -4.83. The Bertz CT molecular complexity index is 1350. The van der Waals surface area contributed by atoms with E-state index in [1.807, 2.05) is 19.0 Å². The zero-order valence-corrected chi connectivity index (χ0v) is 25.0. The molecule has 2 N–H and O–H groups in total. The van der Waals surface area contributed by atoms with Gasteiger partial charge in [0.2, 0.25) is 21.9 Å². The van der Waals surface area contributed by atoms with Gasteiger partial charge in [0.15, 0.2) is 0 Å². The van der Waals surface area contributed by atoms with E-state index in [0.717, 1.165) is 10.6 Å². The number of nitrogens with zero attached hydrogens (tertiary/aromatic N) is 4. The first-order valence-electron chi connectivity index (χ1n) is 12.7. The number of rotatable bonds is 11. The first-order chi connectivity index (χ1) is 19.1. The predicted octanol–water partition coefficient (Wildman–Crippen LogP) is 4.41. The highest BCUT2D eigenvalue weighted by atomic mass is 35.5. The van der Waals surface area contributed by atoms with Crippen LogP contribution in [0.4, 0.5) is 24.8 Å². The number of benzene rings is 1. The molecule has 0 radical (unpaired) electrons. The molecule has 1 aliphatic rings. The molecule has 16 heteroatoms. The highest BCUT2D eigenvalue weighted by molar-refractivity contribution is 7.88. The average Bonchev–Trinajstić information content (AvgIpc) is 2.87. The number of alkyl halides is 3. The summed E-state index contributed by atoms with van der Waals surface area (Å²) in [5.41, 5.74) is -0.868. The summed E-state index contributed by atoms with van der Waals surface area (Å²) in [7, 11) is 2.84. The van der Waals surface area contributed by atoms with Crippen molar-refractivity contribution in [3.05, 3.63) is 34.5 Å². The third-order valence-electron chi connectivity index (χ3n) is 6.60. The van der Waals surface area contributed by atoms with E-state index in [1.54, 1.807) is 0 Å². The molecule has 0 spiro atoms. The monoisotopic (exact) mass is 638 g/mol. The molecule has 1 aliphatic carbocycles. The number of hydrogen-bond donors (Lipinski definition) is 2. The summed E-state index contributed by atoms with van der Waals surface area (Å²) in [6.45, 7) is 0.996. The number of carbonyl (C=O) groups excluding carboxylic acids is 1. The fourth-order valence-corrected chi connectivity index (χ4v) is 5.32. The Balaban J connectivity index is 0.00000616. The van der Waals surface area contributed by atoms with Crippen LogP contribution in [-0.2, 0) is 16.2 Å². The van der Waals surface area contributed by atoms with Gasteiger partial charge in [-0.3, -0.25) is 4.79 Å². The van der Waals surface area contributed by atoms with Crippen LogP contribution in [0.3, 0.4) is 0 Å². The van der Waals surface area contributed by atoms with Gasteiger partial charge >= 0.3 is 6.18 Å². The molecule has 3 rings (SSSR count). The number of amides is 1. The SMILES string of the molecule is C.COc1cc(C(=O)NCCN(C)C)c(Cl)cc1Nc1ncc(C(F)(F)F)c(O[C@@H]2CCCC[C@H]2N(C)S(C)(=O)=O)n1. The van der Waals surface area contributed by atoms with Gasteiger partial charge in [-0.2, -0.15) is 22.5 Å². The number of sulfonamides is 1. The van der Waals surface area contributed by atoms with Crippen molar-refractivity contribution in [1.82, 2.24) is 24.5 Å². The molecule has 0 saturated heterocycles. The summed E-state index contributed by atoms with van der Waals surface area (Å²) >= 11 is 6.35. The molecular formula is C26H38ClF3N6O5S. The molecule has 11 nitrogen and oxygen atoms in total. The molecule has 1 aromatic carbocycles. The standard InChI is InChI=1S/C25H34ClF3N6O5S.CH4/c1-34(2)11-10-30-22(36)15-12-21(39-4)18(13-17(15)26)32-24-31-14-16(25(27,28)29)23(33-24)40-20-9-7-6-8-19(20)35(3)41(5,37)38;/h12-14,19-20H,6-11H2,1-5H3,(H,30,36)(H,31,32,33);1H4/t19-,20-;/m1./s1. The van der Waals surface area contributed by atoms with Gasteiger partial charge in [0.1, 0.15) is 17.4 Å². The fourth-order valence-electron chi connectivity index (χ4n) is 4.33. The van der Waals surface area contributed by atoms with E-state index in [2.05, 4.69) is 20.6 Å². The molecule has 1 heterocycles. The molecule has 1 fully saturated rings. The lowest BCUT2D eigenvalue weighted by Gasteiger charge is -2.36. The van der Waals surface area contributed by atoms with Gasteiger partial charge in [-0.05, 0) is 45.5 Å². The summed E-state index contributed by atoms with van der Waals surface area (Å²) in [5.74, 6) is -1.25. The predicted molar refractivity (Wildman–Crippen MR) is 155 cm³/mol. The van der Waals surface area contributed by atoms with E-state index in [0.29, 0.717) is 45.0 Å². The van der Waals surface area contributed by atoms with Gasteiger partial charge in [-0.25, -0.2) is 13.4 Å². The van der Waals surface area contributed by atoms with Gasteiger partial charge < -0.3 is 25.0 Å². The smallest absolute Gasteiger partial charge is 0.423 e. The molecular weight excluding hydrogens is 601 g/mol. The summed E-state index contributed by atoms with van der Waals surface area (Å²) < 4.78 is 78.2. The summed E-state index contributed by atoms with van der Waals surface area (Å²) in [6.07, 6.45) is -1.94. The average molecular weight is 639 g/mol. The number of hydrogen-bond acceptors (Lipinski definition) is 9. The molecule has 2 aromatic rings. The van der Waals surface area contributed by atoms with Crippen LogP contribution in [0.2, 0.25) is 5.02 Å². The molecule has 236 valence electrons. The van der Waals surface area contributed by atoms with Crippen molar-refractivity contribution in [2.45, 2.75) is 51.4 Å². The number of carbonyl (C=O) groups is 1. The molecule has 1 saturated carbocycles. The van der Waals surface area contributed by atoms with Crippen molar-refractivity contribution in [3.8, 4) is 11.6 Å². The number of nitrogens with one attached hydrogen (secondary N) is 2. The van der Waals surface area contributed by atoms with Crippen molar-refractivity contribution >= 4 is 39.2 Å². The Labute approximate surface area is 249 Å². The van der Waals surface area contributed by atoms with Gasteiger partial charge in [0, 0.05) is 26.3 Å². The van der Waals surface area contributed by atoms with Gasteiger partial charge in [0.05, 0.1) is 35.7 Å². The molecule has 0 unspecified atom stereocenters. The quantitative estimate of drug-likeness (QED) is 0.368. The zero-order valence-electron chi connectivity index (χ0n) is 23.4. The third kappa shape index (κ3) is 9.06. The Morgan fingerprint density at radius 2 is 1.86 bits per heavy atom. The minimum absolute atomic E-state index is 0. The molecule has 1 aromatic heterocycles. The zero-order chi connectivity index (χ0) is 30.5. The van der Waals surface area contributed by atoms with E-state index in [1.165, 1.54) is 26.3 Å². The van der Waals surface area contributed by atoms with Crippen molar-refractivity contribution in [2.24, 2.45) is 0 Å². The van der Waals surface area contributed by atoms with E-state index in [4.69, 9.17) is 21.1 Å². The van der Waals surface area contributed by atoms with Crippen LogP contribution >= 0.6 is 11.6 Å². The van der Waals surface area contributed by atoms with Crippen molar-refractivity contribution in [3.63, 3.8) is 0 Å². The van der Waals surface area contributed by atoms with Crippen molar-refractivity contribution in [2.75, 3.05) is 52.9 Å². The lowest BCUT2D eigenvalue weighted by Crippen LogP contribution is -2.48. The fraction of sp³-hybridized carbons (Fsp3) is 0.577. The minimum Gasteiger partial charge on any atom is -0.495 e. The molecule has 2 atom stereocenters. The van der Waals surface area contributed by atoms with Gasteiger partial charge in [-0.15, -0.1) is 0 Å². The second kappa shape index (κ2) is 14.5. The first-order valence-corrected chi connectivity index (χ1v) is 15.0. The molecule has 42 heavy (non-hydrogen) atoms. The number of aromatic nitrogens is 2. The van der Waals surface area contributed by atoms with E-state index >= 15 is 0 Å². The Hall–Kier alpha value is -2.88. The summed E-state index contributed by atoms with van der Waals surface area (Å²) in [4.78, 5) is 22.3. The summed E-state index contributed by atoms with van der Waals surface area (Å²) in [5, 5.41) is 5.59. The van der Waals surface area contributed by atoms with E-state index in [9.17, 15) is 26.4 Å². The number of ether oxygens (including phenoxy) is 2. The molecule has 0 bridgehead atoms. The maximum Gasteiger partial charge on any atom is 0.423 e. The lowest BCUT2D eigenvalue weighted by atomic mass is 9.92. The Morgan fingerprint density at radius 1 is 1.19 bits per heavy atom. The van der Waals surface area contributed by atoms with Crippen LogP contribution in [0.5, 0.6) is 11.6 Å². The number of methoxy groups -OCH3 is 1. The third-order valence-corrected chi connectivity index (χ3v) is 8.23. The van der Waals surface area contributed by atoms with Crippen LogP contribution in [0, 0.1) is 0 Å². The Kier molecular flexibility index (Phi) is 12.2. The Morgan fingerprint density at radius 3 is 2.45 bits per heavy atom. The van der Waals surface area contributed by atoms with Crippen LogP contribution in [0.15, 0.2) is 18.3 Å². The first kappa shape index (κ1) is 35.3. The second-order valence-electron chi connectivity index (χ2n) is 9.91. The van der Waals surface area contributed by atoms with Gasteiger partial charge in [0.25, 0.3) is 5.91 Å². The maximum absolute atomic E-state index is 13.9.